The first-order valence-electron chi connectivity index (χ1n) is 5.26. The fraction of sp³-hybridized carbons (Fsp3) is 0.417. The van der Waals surface area contributed by atoms with Gasteiger partial charge in [0.1, 0.15) is 0 Å². The van der Waals surface area contributed by atoms with Gasteiger partial charge in [-0.2, -0.15) is 0 Å². The molecule has 0 fully saturated rings. The van der Waals surface area contributed by atoms with Crippen LogP contribution in [0, 0.1) is 0 Å². The van der Waals surface area contributed by atoms with Crippen LogP contribution < -0.4 is 5.73 Å². The molecule has 16 heavy (non-hydrogen) atoms. The number of aliphatic hydroxyl groups excluding tert-OH is 1. The maximum Gasteiger partial charge on any atom is 0.303 e. The molecule has 0 radical (unpaired) electrons. The van der Waals surface area contributed by atoms with Crippen molar-refractivity contribution in [2.24, 2.45) is 5.73 Å². The summed E-state index contributed by atoms with van der Waals surface area (Å²) in [7, 11) is 0. The molecule has 88 valence electrons. The van der Waals surface area contributed by atoms with Crippen molar-refractivity contribution >= 4 is 5.97 Å². The molecule has 2 atom stereocenters. The van der Waals surface area contributed by atoms with Crippen LogP contribution >= 0.6 is 0 Å². The standard InChI is InChI=1S/C12H17NO3/c1-8(14)9-3-2-4-10(7-9)11(13)5-6-12(15)16/h2-4,7-8,11,14H,5-6,13H2,1H3,(H,15,16). The van der Waals surface area contributed by atoms with Crippen LogP contribution in [-0.2, 0) is 4.79 Å². The Bertz CT molecular complexity index is 363. The van der Waals surface area contributed by atoms with Crippen molar-refractivity contribution in [3.8, 4) is 0 Å². The molecular formula is C12H17NO3. The molecule has 1 aromatic carbocycles. The molecule has 0 saturated heterocycles. The van der Waals surface area contributed by atoms with Crippen LogP contribution in [0.1, 0.15) is 43.0 Å². The number of benzene rings is 1. The summed E-state index contributed by atoms with van der Waals surface area (Å²) in [5, 5.41) is 18.0. The predicted molar refractivity (Wildman–Crippen MR) is 60.9 cm³/mol. The Morgan fingerprint density at radius 2 is 2.06 bits per heavy atom. The molecular weight excluding hydrogens is 206 g/mol. The quantitative estimate of drug-likeness (QED) is 0.708. The molecule has 4 N–H and O–H groups in total. The van der Waals surface area contributed by atoms with Crippen molar-refractivity contribution in [3.63, 3.8) is 0 Å². The van der Waals surface area contributed by atoms with Crippen LogP contribution in [0.15, 0.2) is 24.3 Å². The van der Waals surface area contributed by atoms with Crippen LogP contribution in [0.5, 0.6) is 0 Å². The van der Waals surface area contributed by atoms with E-state index >= 15 is 0 Å². The lowest BCUT2D eigenvalue weighted by Crippen LogP contribution is -2.12. The van der Waals surface area contributed by atoms with Gasteiger partial charge in [-0.3, -0.25) is 4.79 Å². The Morgan fingerprint density at radius 3 is 2.62 bits per heavy atom. The highest BCUT2D eigenvalue weighted by Crippen LogP contribution is 2.20. The lowest BCUT2D eigenvalue weighted by molar-refractivity contribution is -0.137. The average Bonchev–Trinajstić information content (AvgIpc) is 2.26. The number of hydrogen-bond donors (Lipinski definition) is 3. The minimum Gasteiger partial charge on any atom is -0.481 e. The molecule has 0 amide bonds. The third-order valence-corrected chi connectivity index (χ3v) is 2.49. The normalized spacial score (nSPS) is 14.4. The van der Waals surface area contributed by atoms with E-state index in [1.807, 2.05) is 24.3 Å². The molecule has 0 saturated carbocycles. The zero-order valence-corrected chi connectivity index (χ0v) is 9.26. The molecule has 0 aliphatic rings. The Labute approximate surface area is 94.7 Å². The van der Waals surface area contributed by atoms with Gasteiger partial charge in [-0.25, -0.2) is 0 Å². The summed E-state index contributed by atoms with van der Waals surface area (Å²) in [6.45, 7) is 1.68. The monoisotopic (exact) mass is 223 g/mol. The van der Waals surface area contributed by atoms with E-state index in [4.69, 9.17) is 10.8 Å². The summed E-state index contributed by atoms with van der Waals surface area (Å²) in [5.74, 6) is -0.845. The molecule has 1 aromatic rings. The van der Waals surface area contributed by atoms with Gasteiger partial charge in [-0.05, 0) is 24.5 Å². The van der Waals surface area contributed by atoms with Crippen LogP contribution in [0.2, 0.25) is 0 Å². The maximum atomic E-state index is 10.4. The van der Waals surface area contributed by atoms with E-state index < -0.39 is 12.1 Å². The number of carboxylic acids is 1. The summed E-state index contributed by atoms with van der Waals surface area (Å²) >= 11 is 0. The fourth-order valence-electron chi connectivity index (χ4n) is 1.50. The third-order valence-electron chi connectivity index (χ3n) is 2.49. The van der Waals surface area contributed by atoms with E-state index in [2.05, 4.69) is 0 Å². The van der Waals surface area contributed by atoms with E-state index in [-0.39, 0.29) is 12.5 Å². The number of hydrogen-bond acceptors (Lipinski definition) is 3. The second-order valence-electron chi connectivity index (χ2n) is 3.89. The topological polar surface area (TPSA) is 83.5 Å². The predicted octanol–water partition coefficient (Wildman–Crippen LogP) is 1.60. The number of rotatable bonds is 5. The Kier molecular flexibility index (Phi) is 4.46. The van der Waals surface area contributed by atoms with Crippen molar-refractivity contribution in [2.45, 2.75) is 31.9 Å². The number of aliphatic carboxylic acids is 1. The lowest BCUT2D eigenvalue weighted by Gasteiger charge is -2.13. The van der Waals surface area contributed by atoms with Crippen molar-refractivity contribution in [1.82, 2.24) is 0 Å². The van der Waals surface area contributed by atoms with Gasteiger partial charge < -0.3 is 15.9 Å². The first-order chi connectivity index (χ1) is 7.50. The Morgan fingerprint density at radius 1 is 1.44 bits per heavy atom. The SMILES string of the molecule is CC(O)c1cccc(C(N)CCC(=O)O)c1. The van der Waals surface area contributed by atoms with E-state index in [9.17, 15) is 9.90 Å². The molecule has 0 heterocycles. The van der Waals surface area contributed by atoms with Gasteiger partial charge in [0, 0.05) is 12.5 Å². The molecule has 4 nitrogen and oxygen atoms in total. The summed E-state index contributed by atoms with van der Waals surface area (Å²) in [6, 6.07) is 7.00. The summed E-state index contributed by atoms with van der Waals surface area (Å²) in [4.78, 5) is 10.4. The van der Waals surface area contributed by atoms with Gasteiger partial charge >= 0.3 is 5.97 Å². The van der Waals surface area contributed by atoms with E-state index in [1.54, 1.807) is 6.92 Å². The number of aliphatic hydroxyl groups is 1. The first-order valence-corrected chi connectivity index (χ1v) is 5.26. The maximum absolute atomic E-state index is 10.4. The van der Waals surface area contributed by atoms with Gasteiger partial charge in [-0.1, -0.05) is 24.3 Å². The van der Waals surface area contributed by atoms with Crippen LogP contribution in [-0.4, -0.2) is 16.2 Å². The van der Waals surface area contributed by atoms with Gasteiger partial charge in [0.25, 0.3) is 0 Å². The zero-order valence-electron chi connectivity index (χ0n) is 9.26. The number of nitrogens with two attached hydrogens (primary N) is 1. The molecule has 0 aromatic heterocycles. The fourth-order valence-corrected chi connectivity index (χ4v) is 1.50. The number of carbonyl (C=O) groups is 1. The Balaban J connectivity index is 2.71. The molecule has 2 unspecified atom stereocenters. The van der Waals surface area contributed by atoms with E-state index in [0.717, 1.165) is 11.1 Å². The summed E-state index contributed by atoms with van der Waals surface area (Å²) < 4.78 is 0. The molecule has 0 bridgehead atoms. The van der Waals surface area contributed by atoms with Gasteiger partial charge in [0.05, 0.1) is 6.10 Å². The van der Waals surface area contributed by atoms with Gasteiger partial charge in [0.2, 0.25) is 0 Å². The highest BCUT2D eigenvalue weighted by atomic mass is 16.4. The highest BCUT2D eigenvalue weighted by Gasteiger charge is 2.10. The van der Waals surface area contributed by atoms with Crippen molar-refractivity contribution < 1.29 is 15.0 Å². The highest BCUT2D eigenvalue weighted by molar-refractivity contribution is 5.66. The van der Waals surface area contributed by atoms with Crippen molar-refractivity contribution in [2.75, 3.05) is 0 Å². The van der Waals surface area contributed by atoms with Crippen molar-refractivity contribution in [1.29, 1.82) is 0 Å². The molecule has 4 heteroatoms. The van der Waals surface area contributed by atoms with E-state index in [1.165, 1.54) is 0 Å². The lowest BCUT2D eigenvalue weighted by atomic mass is 9.99. The second-order valence-corrected chi connectivity index (χ2v) is 3.89. The average molecular weight is 223 g/mol. The molecule has 0 aliphatic carbocycles. The third kappa shape index (κ3) is 3.64. The van der Waals surface area contributed by atoms with E-state index in [0.29, 0.717) is 6.42 Å². The Hall–Kier alpha value is -1.39. The smallest absolute Gasteiger partial charge is 0.303 e. The largest absolute Gasteiger partial charge is 0.481 e. The minimum atomic E-state index is -0.845. The molecule has 0 aliphatic heterocycles. The van der Waals surface area contributed by atoms with Crippen molar-refractivity contribution in [3.05, 3.63) is 35.4 Å². The number of carboxylic acid groups (broad SMARTS) is 1. The first kappa shape index (κ1) is 12.7. The van der Waals surface area contributed by atoms with Gasteiger partial charge in [-0.15, -0.1) is 0 Å². The van der Waals surface area contributed by atoms with Crippen LogP contribution in [0.4, 0.5) is 0 Å². The van der Waals surface area contributed by atoms with Crippen LogP contribution in [0.25, 0.3) is 0 Å². The summed E-state index contributed by atoms with van der Waals surface area (Å²) in [5.41, 5.74) is 7.52. The molecule has 1 rings (SSSR count). The minimum absolute atomic E-state index is 0.0556. The van der Waals surface area contributed by atoms with Crippen LogP contribution in [0.3, 0.4) is 0 Å². The summed E-state index contributed by atoms with van der Waals surface area (Å²) in [6.07, 6.45) is -0.0785. The van der Waals surface area contributed by atoms with Gasteiger partial charge in [0.15, 0.2) is 0 Å². The zero-order chi connectivity index (χ0) is 12.1. The second kappa shape index (κ2) is 5.63. The molecule has 0 spiro atoms.